The molecule has 0 aliphatic carbocycles. The Morgan fingerprint density at radius 2 is 2.26 bits per heavy atom. The van der Waals surface area contributed by atoms with E-state index >= 15 is 0 Å². The van der Waals surface area contributed by atoms with Crippen LogP contribution >= 0.6 is 15.9 Å². The molecule has 0 fully saturated rings. The largest absolute Gasteiger partial charge is 0.450 e. The van der Waals surface area contributed by atoms with Gasteiger partial charge in [0.2, 0.25) is 0 Å². The average Bonchev–Trinajstić information content (AvgIpc) is 2.37. The first-order valence-electron chi connectivity index (χ1n) is 6.47. The third-order valence-electron chi connectivity index (χ3n) is 3.45. The number of carbonyl (C=O) groups excluding carboxylic acids is 1. The Balaban J connectivity index is 2.32. The van der Waals surface area contributed by atoms with Crippen molar-refractivity contribution in [3.05, 3.63) is 33.5 Å². The van der Waals surface area contributed by atoms with Crippen molar-refractivity contribution in [2.24, 2.45) is 0 Å². The summed E-state index contributed by atoms with van der Waals surface area (Å²) in [6.07, 6.45) is 1.01. The Morgan fingerprint density at radius 3 is 2.89 bits per heavy atom. The Morgan fingerprint density at radius 1 is 1.53 bits per heavy atom. The molecule has 1 heterocycles. The molecule has 1 aliphatic rings. The monoisotopic (exact) mass is 329 g/mol. The molecule has 19 heavy (non-hydrogen) atoms. The van der Waals surface area contributed by atoms with Crippen LogP contribution in [0.25, 0.3) is 0 Å². The van der Waals surface area contributed by atoms with E-state index in [1.54, 1.807) is 11.8 Å². The van der Waals surface area contributed by atoms with Gasteiger partial charge in [-0.1, -0.05) is 22.9 Å². The smallest absolute Gasteiger partial charge is 0.410 e. The molecule has 104 valence electrons. The molecular formula is C14H17BrFNO2. The molecule has 0 bridgehead atoms. The van der Waals surface area contributed by atoms with Gasteiger partial charge < -0.3 is 9.64 Å². The van der Waals surface area contributed by atoms with Gasteiger partial charge in [-0.05, 0) is 43.0 Å². The normalized spacial score (nSPS) is 18.1. The van der Waals surface area contributed by atoms with Crippen molar-refractivity contribution in [2.45, 2.75) is 39.3 Å². The second-order valence-corrected chi connectivity index (χ2v) is 5.53. The molecule has 0 radical (unpaired) electrons. The summed E-state index contributed by atoms with van der Waals surface area (Å²) in [4.78, 5) is 13.6. The van der Waals surface area contributed by atoms with Crippen molar-refractivity contribution < 1.29 is 13.9 Å². The molecule has 1 atom stereocenters. The van der Waals surface area contributed by atoms with Gasteiger partial charge in [0.1, 0.15) is 5.82 Å². The van der Waals surface area contributed by atoms with Crippen molar-refractivity contribution in [3.8, 4) is 0 Å². The number of carbonyl (C=O) groups is 1. The van der Waals surface area contributed by atoms with E-state index in [9.17, 15) is 9.18 Å². The minimum atomic E-state index is -0.319. The molecule has 0 N–H and O–H groups in total. The fraction of sp³-hybridized carbons (Fsp3) is 0.500. The van der Waals surface area contributed by atoms with Gasteiger partial charge in [-0.25, -0.2) is 9.18 Å². The number of amides is 1. The molecule has 3 nitrogen and oxygen atoms in total. The van der Waals surface area contributed by atoms with Gasteiger partial charge in [0.25, 0.3) is 0 Å². The predicted molar refractivity (Wildman–Crippen MR) is 74.4 cm³/mol. The molecule has 1 aromatic rings. The SMILES string of the molecule is CCOC(=O)N1Cc2cc(Br)cc(F)c2CC1CC. The maximum Gasteiger partial charge on any atom is 0.410 e. The first kappa shape index (κ1) is 14.3. The number of halogens is 2. The summed E-state index contributed by atoms with van der Waals surface area (Å²) in [7, 11) is 0. The standard InChI is InChI=1S/C14H17BrFNO2/c1-3-11-7-12-9(5-10(15)6-13(12)16)8-17(11)14(18)19-4-2/h5-6,11H,3-4,7-8H2,1-2H3. The highest BCUT2D eigenvalue weighted by Crippen LogP contribution is 2.30. The van der Waals surface area contributed by atoms with E-state index in [4.69, 9.17) is 4.74 Å². The minimum Gasteiger partial charge on any atom is -0.450 e. The fourth-order valence-corrected chi connectivity index (χ4v) is 2.95. The second kappa shape index (κ2) is 5.90. The number of ether oxygens (including phenoxy) is 1. The summed E-state index contributed by atoms with van der Waals surface area (Å²) >= 11 is 3.29. The van der Waals surface area contributed by atoms with Gasteiger partial charge >= 0.3 is 6.09 Å². The molecule has 2 rings (SSSR count). The molecular weight excluding hydrogens is 313 g/mol. The highest BCUT2D eigenvalue weighted by atomic mass is 79.9. The number of benzene rings is 1. The summed E-state index contributed by atoms with van der Waals surface area (Å²) in [5, 5.41) is 0. The Kier molecular flexibility index (Phi) is 4.45. The summed E-state index contributed by atoms with van der Waals surface area (Å²) in [6, 6.07) is 3.35. The molecule has 1 unspecified atom stereocenters. The fourth-order valence-electron chi connectivity index (χ4n) is 2.47. The summed E-state index contributed by atoms with van der Waals surface area (Å²) < 4.78 is 19.7. The van der Waals surface area contributed by atoms with E-state index in [-0.39, 0.29) is 18.0 Å². The zero-order valence-electron chi connectivity index (χ0n) is 11.1. The number of nitrogens with zero attached hydrogens (tertiary/aromatic N) is 1. The van der Waals surface area contributed by atoms with E-state index in [1.165, 1.54) is 6.07 Å². The second-order valence-electron chi connectivity index (χ2n) is 4.62. The average molecular weight is 330 g/mol. The van der Waals surface area contributed by atoms with Crippen LogP contribution in [0.1, 0.15) is 31.4 Å². The van der Waals surface area contributed by atoms with Crippen molar-refractivity contribution in [2.75, 3.05) is 6.61 Å². The molecule has 1 amide bonds. The summed E-state index contributed by atoms with van der Waals surface area (Å²) in [6.45, 7) is 4.54. The predicted octanol–water partition coefficient (Wildman–Crippen LogP) is 3.88. The number of rotatable bonds is 2. The lowest BCUT2D eigenvalue weighted by Gasteiger charge is -2.35. The van der Waals surface area contributed by atoms with Crippen LogP contribution in [0.4, 0.5) is 9.18 Å². The van der Waals surface area contributed by atoms with E-state index in [2.05, 4.69) is 15.9 Å². The van der Waals surface area contributed by atoms with Crippen LogP contribution in [-0.2, 0) is 17.7 Å². The minimum absolute atomic E-state index is 0.00206. The Labute approximate surface area is 120 Å². The highest BCUT2D eigenvalue weighted by molar-refractivity contribution is 9.10. The molecule has 0 aromatic heterocycles. The molecule has 0 saturated heterocycles. The van der Waals surface area contributed by atoms with Crippen molar-refractivity contribution >= 4 is 22.0 Å². The van der Waals surface area contributed by atoms with Crippen LogP contribution in [0.15, 0.2) is 16.6 Å². The van der Waals surface area contributed by atoms with Crippen LogP contribution in [0.5, 0.6) is 0 Å². The maximum absolute atomic E-state index is 14.0. The van der Waals surface area contributed by atoms with E-state index in [0.29, 0.717) is 24.0 Å². The molecule has 1 aliphatic heterocycles. The van der Waals surface area contributed by atoms with Crippen LogP contribution in [0.2, 0.25) is 0 Å². The van der Waals surface area contributed by atoms with Crippen LogP contribution in [0, 0.1) is 5.82 Å². The van der Waals surface area contributed by atoms with Crippen molar-refractivity contribution in [3.63, 3.8) is 0 Å². The number of hydrogen-bond donors (Lipinski definition) is 0. The van der Waals surface area contributed by atoms with Crippen LogP contribution in [0.3, 0.4) is 0 Å². The molecule has 0 saturated carbocycles. The van der Waals surface area contributed by atoms with E-state index in [0.717, 1.165) is 17.5 Å². The summed E-state index contributed by atoms with van der Waals surface area (Å²) in [5.41, 5.74) is 1.57. The van der Waals surface area contributed by atoms with Gasteiger partial charge in [0, 0.05) is 17.1 Å². The lowest BCUT2D eigenvalue weighted by Crippen LogP contribution is -2.44. The third-order valence-corrected chi connectivity index (χ3v) is 3.91. The molecule has 5 heteroatoms. The number of fused-ring (bicyclic) bond motifs is 1. The first-order valence-corrected chi connectivity index (χ1v) is 7.26. The van der Waals surface area contributed by atoms with Crippen LogP contribution in [-0.4, -0.2) is 23.6 Å². The zero-order chi connectivity index (χ0) is 14.0. The highest BCUT2D eigenvalue weighted by Gasteiger charge is 2.31. The first-order chi connectivity index (χ1) is 9.06. The quantitative estimate of drug-likeness (QED) is 0.824. The zero-order valence-corrected chi connectivity index (χ0v) is 12.7. The molecule has 0 spiro atoms. The maximum atomic E-state index is 14.0. The lowest BCUT2D eigenvalue weighted by molar-refractivity contribution is 0.0809. The lowest BCUT2D eigenvalue weighted by atomic mass is 9.92. The number of hydrogen-bond acceptors (Lipinski definition) is 2. The summed E-state index contributed by atoms with van der Waals surface area (Å²) in [5.74, 6) is -0.202. The van der Waals surface area contributed by atoms with Gasteiger partial charge in [0.05, 0.1) is 6.61 Å². The van der Waals surface area contributed by atoms with E-state index in [1.807, 2.05) is 13.0 Å². The molecule has 1 aromatic carbocycles. The van der Waals surface area contributed by atoms with Gasteiger partial charge in [-0.3, -0.25) is 0 Å². The Hall–Kier alpha value is -1.10. The van der Waals surface area contributed by atoms with Crippen molar-refractivity contribution in [1.82, 2.24) is 4.90 Å². The van der Waals surface area contributed by atoms with E-state index < -0.39 is 0 Å². The third kappa shape index (κ3) is 2.91. The topological polar surface area (TPSA) is 29.5 Å². The van der Waals surface area contributed by atoms with Crippen molar-refractivity contribution in [1.29, 1.82) is 0 Å². The van der Waals surface area contributed by atoms with Gasteiger partial charge in [0.15, 0.2) is 0 Å². The Bertz CT molecular complexity index is 493. The van der Waals surface area contributed by atoms with Gasteiger partial charge in [-0.2, -0.15) is 0 Å². The van der Waals surface area contributed by atoms with Gasteiger partial charge in [-0.15, -0.1) is 0 Å². The van der Waals surface area contributed by atoms with Crippen LogP contribution < -0.4 is 0 Å².